The fraction of sp³-hybridized carbons (Fsp3) is 0.357. The molecule has 1 fully saturated rings. The van der Waals surface area contributed by atoms with Gasteiger partial charge in [-0.05, 0) is 13.0 Å². The van der Waals surface area contributed by atoms with E-state index in [1.807, 2.05) is 12.1 Å². The van der Waals surface area contributed by atoms with Crippen molar-refractivity contribution in [2.24, 2.45) is 0 Å². The molecule has 2 aliphatic heterocycles. The minimum atomic E-state index is -1.15. The quantitative estimate of drug-likeness (QED) is 0.841. The zero-order chi connectivity index (χ0) is 15.0. The van der Waals surface area contributed by atoms with Gasteiger partial charge in [0.2, 0.25) is 5.91 Å². The highest BCUT2D eigenvalue weighted by molar-refractivity contribution is 8.02. The van der Waals surface area contributed by atoms with Crippen LogP contribution in [0.25, 0.3) is 0 Å². The van der Waals surface area contributed by atoms with Gasteiger partial charge in [-0.2, -0.15) is 0 Å². The lowest BCUT2D eigenvalue weighted by atomic mass is 10.1. The average molecular weight is 306 g/mol. The second kappa shape index (κ2) is 5.07. The van der Waals surface area contributed by atoms with Crippen molar-refractivity contribution in [3.05, 3.63) is 29.8 Å². The molecule has 2 heterocycles. The molecule has 21 heavy (non-hydrogen) atoms. The maximum atomic E-state index is 12.5. The van der Waals surface area contributed by atoms with E-state index in [0.717, 1.165) is 5.56 Å². The molecule has 1 aromatic carbocycles. The van der Waals surface area contributed by atoms with E-state index in [9.17, 15) is 14.4 Å². The van der Waals surface area contributed by atoms with Gasteiger partial charge in [-0.1, -0.05) is 18.2 Å². The molecular weight excluding hydrogens is 292 g/mol. The number of carbonyl (C=O) groups excluding carboxylic acids is 3. The Morgan fingerprint density at radius 1 is 1.43 bits per heavy atom. The van der Waals surface area contributed by atoms with Crippen molar-refractivity contribution in [1.29, 1.82) is 0 Å². The second-order valence-corrected chi connectivity index (χ2v) is 5.89. The van der Waals surface area contributed by atoms with Crippen LogP contribution < -0.4 is 5.32 Å². The summed E-state index contributed by atoms with van der Waals surface area (Å²) in [4.78, 5) is 36.5. The molecule has 0 bridgehead atoms. The van der Waals surface area contributed by atoms with Crippen LogP contribution in [-0.2, 0) is 24.0 Å². The molecule has 0 unspecified atom stereocenters. The minimum Gasteiger partial charge on any atom is -0.465 e. The lowest BCUT2D eigenvalue weighted by Crippen LogP contribution is -2.49. The normalized spacial score (nSPS) is 23.4. The van der Waals surface area contributed by atoms with Crippen LogP contribution in [0, 0.1) is 0 Å². The van der Waals surface area contributed by atoms with E-state index in [2.05, 4.69) is 5.32 Å². The van der Waals surface area contributed by atoms with Crippen LogP contribution in [0.3, 0.4) is 0 Å². The number of amides is 2. The zero-order valence-corrected chi connectivity index (χ0v) is 12.2. The number of para-hydroxylation sites is 1. The van der Waals surface area contributed by atoms with Crippen LogP contribution >= 0.6 is 11.8 Å². The number of fused-ring (bicyclic) bond motifs is 2. The van der Waals surface area contributed by atoms with Gasteiger partial charge in [0.25, 0.3) is 5.91 Å². The van der Waals surface area contributed by atoms with Crippen LogP contribution in [0.15, 0.2) is 24.3 Å². The third-order valence-corrected chi connectivity index (χ3v) is 4.96. The molecular formula is C14H14N2O4S. The van der Waals surface area contributed by atoms with Gasteiger partial charge in [0.05, 0.1) is 12.4 Å². The molecule has 1 saturated heterocycles. The molecule has 7 heteroatoms. The van der Waals surface area contributed by atoms with E-state index in [-0.39, 0.29) is 30.7 Å². The lowest BCUT2D eigenvalue weighted by molar-refractivity contribution is -0.151. The molecule has 1 N–H and O–H groups in total. The summed E-state index contributed by atoms with van der Waals surface area (Å²) >= 11 is 1.24. The van der Waals surface area contributed by atoms with E-state index in [1.165, 1.54) is 16.7 Å². The van der Waals surface area contributed by atoms with Crippen LogP contribution in [0.4, 0.5) is 5.69 Å². The maximum absolute atomic E-state index is 12.5. The molecule has 3 rings (SSSR count). The van der Waals surface area contributed by atoms with E-state index in [4.69, 9.17) is 4.74 Å². The largest absolute Gasteiger partial charge is 0.465 e. The van der Waals surface area contributed by atoms with Gasteiger partial charge in [0.1, 0.15) is 6.54 Å². The lowest BCUT2D eigenvalue weighted by Gasteiger charge is -2.31. The standard InChI is InChI=1S/C14H14N2O4S/c1-2-20-12(18)7-16-11(17)8-21-14(16)9-5-3-4-6-10(9)15-13(14)19/h3-6H,2,7-8H2,1H3,(H,15,19)/t14-/m1/s1. The van der Waals surface area contributed by atoms with Crippen molar-refractivity contribution in [3.63, 3.8) is 0 Å². The molecule has 1 aromatic rings. The summed E-state index contributed by atoms with van der Waals surface area (Å²) in [7, 11) is 0. The minimum absolute atomic E-state index is 0.168. The van der Waals surface area contributed by atoms with Gasteiger partial charge < -0.3 is 15.0 Å². The molecule has 0 saturated carbocycles. The summed E-state index contributed by atoms with van der Waals surface area (Å²) in [5.74, 6) is -0.866. The summed E-state index contributed by atoms with van der Waals surface area (Å²) in [6, 6.07) is 7.22. The first-order valence-electron chi connectivity index (χ1n) is 6.60. The van der Waals surface area contributed by atoms with Gasteiger partial charge >= 0.3 is 5.97 Å². The molecule has 1 atom stereocenters. The topological polar surface area (TPSA) is 75.7 Å². The van der Waals surface area contributed by atoms with Gasteiger partial charge in [-0.25, -0.2) is 0 Å². The molecule has 1 spiro atoms. The SMILES string of the molecule is CCOC(=O)CN1C(=O)CS[C@]12C(=O)Nc1ccccc12. The summed E-state index contributed by atoms with van der Waals surface area (Å²) < 4.78 is 4.90. The van der Waals surface area contributed by atoms with Crippen LogP contribution in [0.1, 0.15) is 12.5 Å². The summed E-state index contributed by atoms with van der Waals surface area (Å²) in [6.45, 7) is 1.72. The van der Waals surface area contributed by atoms with E-state index in [1.54, 1.807) is 19.1 Å². The summed E-state index contributed by atoms with van der Waals surface area (Å²) in [5.41, 5.74) is 1.40. The van der Waals surface area contributed by atoms with Crippen molar-refractivity contribution in [3.8, 4) is 0 Å². The van der Waals surface area contributed by atoms with E-state index < -0.39 is 10.8 Å². The number of nitrogens with one attached hydrogen (secondary N) is 1. The number of ether oxygens (including phenoxy) is 1. The van der Waals surface area contributed by atoms with Crippen LogP contribution in [-0.4, -0.2) is 41.6 Å². The number of nitrogens with zero attached hydrogens (tertiary/aromatic N) is 1. The number of hydrogen-bond acceptors (Lipinski definition) is 5. The Balaban J connectivity index is 2.01. The number of carbonyl (C=O) groups is 3. The van der Waals surface area contributed by atoms with Gasteiger partial charge in [-0.3, -0.25) is 14.4 Å². The maximum Gasteiger partial charge on any atom is 0.325 e. The fourth-order valence-electron chi connectivity index (χ4n) is 2.66. The number of thioether (sulfide) groups is 1. The predicted octanol–water partition coefficient (Wildman–Crippen LogP) is 0.930. The Kier molecular flexibility index (Phi) is 3.36. The Hall–Kier alpha value is -2.02. The third-order valence-electron chi connectivity index (χ3n) is 3.53. The molecule has 0 aromatic heterocycles. The molecule has 2 aliphatic rings. The first-order valence-corrected chi connectivity index (χ1v) is 7.59. The highest BCUT2D eigenvalue weighted by Crippen LogP contribution is 2.51. The van der Waals surface area contributed by atoms with Crippen molar-refractivity contribution in [2.45, 2.75) is 11.8 Å². The van der Waals surface area contributed by atoms with Gasteiger partial charge in [-0.15, -0.1) is 11.8 Å². The van der Waals surface area contributed by atoms with E-state index in [0.29, 0.717) is 5.69 Å². The molecule has 2 amide bonds. The van der Waals surface area contributed by atoms with Gasteiger partial charge in [0, 0.05) is 11.3 Å². The zero-order valence-electron chi connectivity index (χ0n) is 11.4. The van der Waals surface area contributed by atoms with Crippen molar-refractivity contribution in [2.75, 3.05) is 24.2 Å². The van der Waals surface area contributed by atoms with E-state index >= 15 is 0 Å². The third kappa shape index (κ3) is 1.99. The van der Waals surface area contributed by atoms with Crippen LogP contribution in [0.5, 0.6) is 0 Å². The number of esters is 1. The summed E-state index contributed by atoms with van der Waals surface area (Å²) in [6.07, 6.45) is 0. The number of anilines is 1. The Morgan fingerprint density at radius 2 is 2.19 bits per heavy atom. The predicted molar refractivity (Wildman–Crippen MR) is 77.6 cm³/mol. The molecule has 0 radical (unpaired) electrons. The van der Waals surface area contributed by atoms with Crippen LogP contribution in [0.2, 0.25) is 0 Å². The number of hydrogen-bond donors (Lipinski definition) is 1. The van der Waals surface area contributed by atoms with Gasteiger partial charge in [0.15, 0.2) is 4.87 Å². The first-order chi connectivity index (χ1) is 10.1. The molecule has 110 valence electrons. The first kappa shape index (κ1) is 13.9. The average Bonchev–Trinajstić information content (AvgIpc) is 2.93. The Morgan fingerprint density at radius 3 is 2.95 bits per heavy atom. The summed E-state index contributed by atoms with van der Waals surface area (Å²) in [5, 5.41) is 2.78. The second-order valence-electron chi connectivity index (χ2n) is 4.72. The number of rotatable bonds is 3. The number of benzene rings is 1. The molecule has 0 aliphatic carbocycles. The smallest absolute Gasteiger partial charge is 0.325 e. The Bertz CT molecular complexity index is 633. The highest BCUT2D eigenvalue weighted by Gasteiger charge is 2.58. The highest BCUT2D eigenvalue weighted by atomic mass is 32.2. The fourth-order valence-corrected chi connectivity index (χ4v) is 3.99. The van der Waals surface area contributed by atoms with Crippen molar-refractivity contribution < 1.29 is 19.1 Å². The monoisotopic (exact) mass is 306 g/mol. The van der Waals surface area contributed by atoms with Crippen molar-refractivity contribution in [1.82, 2.24) is 4.90 Å². The Labute approximate surface area is 125 Å². The van der Waals surface area contributed by atoms with Crippen molar-refractivity contribution >= 4 is 35.2 Å². The molecule has 6 nitrogen and oxygen atoms in total.